The third-order valence-electron chi connectivity index (χ3n) is 3.08. The normalized spacial score (nSPS) is 18.5. The molecule has 15 heavy (non-hydrogen) atoms. The Hall–Kier alpha value is -1.16. The summed E-state index contributed by atoms with van der Waals surface area (Å²) in [7, 11) is 0. The Balaban J connectivity index is 2.21. The molecule has 0 bridgehead atoms. The van der Waals surface area contributed by atoms with Gasteiger partial charge in [-0.25, -0.2) is 0 Å². The monoisotopic (exact) mass is 207 g/mol. The van der Waals surface area contributed by atoms with Crippen molar-refractivity contribution >= 4 is 5.78 Å². The first kappa shape index (κ1) is 10.4. The van der Waals surface area contributed by atoms with E-state index in [0.29, 0.717) is 5.69 Å². The Morgan fingerprint density at radius 2 is 2.40 bits per heavy atom. The lowest BCUT2D eigenvalue weighted by molar-refractivity contribution is 0.0788. The van der Waals surface area contributed by atoms with Gasteiger partial charge in [-0.15, -0.1) is 0 Å². The van der Waals surface area contributed by atoms with Crippen LogP contribution in [-0.4, -0.2) is 21.1 Å². The Morgan fingerprint density at radius 3 is 2.93 bits per heavy atom. The molecular formula is C11H17N3O. The molecule has 0 unspecified atom stereocenters. The lowest BCUT2D eigenvalue weighted by Crippen LogP contribution is -2.54. The van der Waals surface area contributed by atoms with Gasteiger partial charge in [-0.2, -0.15) is 5.10 Å². The largest absolute Gasteiger partial charge is 0.319 e. The van der Waals surface area contributed by atoms with Crippen LogP contribution in [0.1, 0.15) is 43.1 Å². The van der Waals surface area contributed by atoms with Crippen LogP contribution < -0.4 is 5.73 Å². The molecule has 2 N–H and O–H groups in total. The van der Waals surface area contributed by atoms with E-state index < -0.39 is 5.54 Å². The van der Waals surface area contributed by atoms with E-state index in [-0.39, 0.29) is 5.78 Å². The zero-order valence-electron chi connectivity index (χ0n) is 9.07. The van der Waals surface area contributed by atoms with Crippen LogP contribution in [0.25, 0.3) is 0 Å². The second-order valence-electron chi connectivity index (χ2n) is 4.28. The van der Waals surface area contributed by atoms with E-state index in [1.807, 2.05) is 0 Å². The van der Waals surface area contributed by atoms with Crippen LogP contribution in [-0.2, 0) is 6.54 Å². The van der Waals surface area contributed by atoms with Gasteiger partial charge in [0.15, 0.2) is 0 Å². The highest BCUT2D eigenvalue weighted by molar-refractivity contribution is 6.02. The Labute approximate surface area is 89.5 Å². The summed E-state index contributed by atoms with van der Waals surface area (Å²) in [4.78, 5) is 12.1. The van der Waals surface area contributed by atoms with Crippen LogP contribution >= 0.6 is 0 Å². The molecule has 1 saturated carbocycles. The molecule has 1 aromatic heterocycles. The molecule has 0 aliphatic heterocycles. The molecule has 1 aromatic rings. The predicted octanol–water partition coefficient (Wildman–Crippen LogP) is 1.36. The SMILES string of the molecule is CCCn1nccc1C(=O)C1(N)CCC1. The van der Waals surface area contributed by atoms with Crippen LogP contribution in [0.4, 0.5) is 0 Å². The van der Waals surface area contributed by atoms with E-state index >= 15 is 0 Å². The molecule has 0 spiro atoms. The third-order valence-corrected chi connectivity index (χ3v) is 3.08. The van der Waals surface area contributed by atoms with Crippen LogP contribution in [0, 0.1) is 0 Å². The van der Waals surface area contributed by atoms with Crippen molar-refractivity contribution < 1.29 is 4.79 Å². The minimum absolute atomic E-state index is 0.0553. The summed E-state index contributed by atoms with van der Waals surface area (Å²) < 4.78 is 1.76. The van der Waals surface area contributed by atoms with Gasteiger partial charge in [0.25, 0.3) is 0 Å². The van der Waals surface area contributed by atoms with Gasteiger partial charge < -0.3 is 5.73 Å². The van der Waals surface area contributed by atoms with Crippen molar-refractivity contribution in [3.8, 4) is 0 Å². The predicted molar refractivity (Wildman–Crippen MR) is 57.6 cm³/mol. The first-order valence-electron chi connectivity index (χ1n) is 5.53. The minimum atomic E-state index is -0.606. The zero-order chi connectivity index (χ0) is 10.9. The van der Waals surface area contributed by atoms with Crippen molar-refractivity contribution in [1.29, 1.82) is 0 Å². The molecule has 1 aliphatic carbocycles. The van der Waals surface area contributed by atoms with Crippen LogP contribution in [0.2, 0.25) is 0 Å². The summed E-state index contributed by atoms with van der Waals surface area (Å²) in [6.07, 6.45) is 5.32. The van der Waals surface area contributed by atoms with E-state index in [1.54, 1.807) is 16.9 Å². The van der Waals surface area contributed by atoms with E-state index in [9.17, 15) is 4.79 Å². The molecule has 2 rings (SSSR count). The van der Waals surface area contributed by atoms with Gasteiger partial charge >= 0.3 is 0 Å². The number of hydrogen-bond acceptors (Lipinski definition) is 3. The number of nitrogens with two attached hydrogens (primary N) is 1. The number of Topliss-reactive ketones (excluding diaryl/α,β-unsaturated/α-hetero) is 1. The van der Waals surface area contributed by atoms with Gasteiger partial charge in [0, 0.05) is 12.7 Å². The highest BCUT2D eigenvalue weighted by Crippen LogP contribution is 2.32. The van der Waals surface area contributed by atoms with E-state index in [0.717, 1.165) is 32.2 Å². The van der Waals surface area contributed by atoms with Crippen LogP contribution in [0.15, 0.2) is 12.3 Å². The van der Waals surface area contributed by atoms with Crippen LogP contribution in [0.3, 0.4) is 0 Å². The number of nitrogens with zero attached hydrogens (tertiary/aromatic N) is 2. The highest BCUT2D eigenvalue weighted by Gasteiger charge is 2.41. The third kappa shape index (κ3) is 1.69. The van der Waals surface area contributed by atoms with Crippen molar-refractivity contribution in [3.05, 3.63) is 18.0 Å². The first-order valence-corrected chi connectivity index (χ1v) is 5.53. The molecule has 4 nitrogen and oxygen atoms in total. The van der Waals surface area contributed by atoms with Crippen molar-refractivity contribution in [2.75, 3.05) is 0 Å². The number of aryl methyl sites for hydroxylation is 1. The molecule has 0 radical (unpaired) electrons. The molecule has 0 atom stereocenters. The fraction of sp³-hybridized carbons (Fsp3) is 0.636. The molecular weight excluding hydrogens is 190 g/mol. The number of ketones is 1. The van der Waals surface area contributed by atoms with Crippen molar-refractivity contribution in [2.45, 2.75) is 44.7 Å². The van der Waals surface area contributed by atoms with Gasteiger partial charge in [0.1, 0.15) is 5.69 Å². The average Bonchev–Trinajstić information content (AvgIpc) is 2.62. The molecule has 1 fully saturated rings. The van der Waals surface area contributed by atoms with E-state index in [4.69, 9.17) is 5.73 Å². The molecule has 0 aromatic carbocycles. The first-order chi connectivity index (χ1) is 7.17. The molecule has 82 valence electrons. The maximum atomic E-state index is 12.1. The average molecular weight is 207 g/mol. The van der Waals surface area contributed by atoms with Gasteiger partial charge in [0.05, 0.1) is 5.54 Å². The Bertz CT molecular complexity index is 366. The summed E-state index contributed by atoms with van der Waals surface area (Å²) in [6, 6.07) is 1.77. The number of rotatable bonds is 4. The maximum Gasteiger partial charge on any atom is 0.200 e. The molecule has 1 heterocycles. The molecule has 0 saturated heterocycles. The van der Waals surface area contributed by atoms with Gasteiger partial charge in [-0.3, -0.25) is 9.48 Å². The summed E-state index contributed by atoms with van der Waals surface area (Å²) >= 11 is 0. The number of hydrogen-bond donors (Lipinski definition) is 1. The van der Waals surface area contributed by atoms with E-state index in [2.05, 4.69) is 12.0 Å². The zero-order valence-corrected chi connectivity index (χ0v) is 9.07. The van der Waals surface area contributed by atoms with Crippen LogP contribution in [0.5, 0.6) is 0 Å². The molecule has 4 heteroatoms. The van der Waals surface area contributed by atoms with Gasteiger partial charge in [0.2, 0.25) is 5.78 Å². The van der Waals surface area contributed by atoms with Gasteiger partial charge in [-0.1, -0.05) is 6.92 Å². The number of carbonyl (C=O) groups is 1. The fourth-order valence-electron chi connectivity index (χ4n) is 1.96. The second kappa shape index (κ2) is 3.77. The maximum absolute atomic E-state index is 12.1. The summed E-state index contributed by atoms with van der Waals surface area (Å²) in [5.74, 6) is 0.0553. The quantitative estimate of drug-likeness (QED) is 0.758. The van der Waals surface area contributed by atoms with Crippen molar-refractivity contribution in [1.82, 2.24) is 9.78 Å². The molecule has 0 amide bonds. The number of carbonyl (C=O) groups excluding carboxylic acids is 1. The summed E-state index contributed by atoms with van der Waals surface area (Å²) in [5.41, 5.74) is 6.07. The van der Waals surface area contributed by atoms with Gasteiger partial charge in [-0.05, 0) is 31.7 Å². The smallest absolute Gasteiger partial charge is 0.200 e. The Morgan fingerprint density at radius 1 is 1.67 bits per heavy atom. The lowest BCUT2D eigenvalue weighted by atomic mass is 9.74. The van der Waals surface area contributed by atoms with Crippen molar-refractivity contribution in [3.63, 3.8) is 0 Å². The summed E-state index contributed by atoms with van der Waals surface area (Å²) in [5, 5.41) is 4.14. The standard InChI is InChI=1S/C11H17N3O/c1-2-8-14-9(4-7-13-14)10(15)11(12)5-3-6-11/h4,7H,2-3,5-6,8,12H2,1H3. The van der Waals surface area contributed by atoms with Crippen molar-refractivity contribution in [2.24, 2.45) is 5.73 Å². The topological polar surface area (TPSA) is 60.9 Å². The second-order valence-corrected chi connectivity index (χ2v) is 4.28. The highest BCUT2D eigenvalue weighted by atomic mass is 16.1. The Kier molecular flexibility index (Phi) is 2.61. The minimum Gasteiger partial charge on any atom is -0.319 e. The lowest BCUT2D eigenvalue weighted by Gasteiger charge is -2.36. The fourth-order valence-corrected chi connectivity index (χ4v) is 1.96. The number of aromatic nitrogens is 2. The van der Waals surface area contributed by atoms with E-state index in [1.165, 1.54) is 0 Å². The summed E-state index contributed by atoms with van der Waals surface area (Å²) in [6.45, 7) is 2.85. The molecule has 1 aliphatic rings.